The fraction of sp³-hybridized carbons (Fsp3) is 0.429. The molecule has 0 aromatic carbocycles. The van der Waals surface area contributed by atoms with E-state index < -0.39 is 11.9 Å². The van der Waals surface area contributed by atoms with E-state index in [0.29, 0.717) is 0 Å². The Kier molecular flexibility index (Phi) is 4.36. The topological polar surface area (TPSA) is 100 Å². The summed E-state index contributed by atoms with van der Waals surface area (Å²) in [5, 5.41) is 13.8. The summed E-state index contributed by atoms with van der Waals surface area (Å²) < 4.78 is 0. The van der Waals surface area contributed by atoms with E-state index in [1.165, 1.54) is 6.92 Å². The highest BCUT2D eigenvalue weighted by Gasteiger charge is 2.14. The Balaban J connectivity index is 3.90. The molecule has 0 radical (unpaired) electrons. The van der Waals surface area contributed by atoms with Crippen LogP contribution in [-0.4, -0.2) is 23.4 Å². The zero-order chi connectivity index (χ0) is 10.4. The lowest BCUT2D eigenvalue weighted by molar-refractivity contribution is -0.247. The van der Waals surface area contributed by atoms with Gasteiger partial charge in [0.05, 0.1) is 0 Å². The van der Waals surface area contributed by atoms with Gasteiger partial charge < -0.3 is 0 Å². The molecule has 0 aromatic rings. The second kappa shape index (κ2) is 5.02. The predicted octanol–water partition coefficient (Wildman–Crippen LogP) is 0.457. The Morgan fingerprint density at radius 1 is 1.15 bits per heavy atom. The zero-order valence-corrected chi connectivity index (χ0v) is 7.34. The quantitative estimate of drug-likeness (QED) is 0.379. The van der Waals surface area contributed by atoms with Crippen LogP contribution in [0.2, 0.25) is 0 Å². The molecule has 0 aliphatic rings. The molecular weight excluding hydrogens is 176 g/mol. The van der Waals surface area contributed by atoms with Crippen LogP contribution >= 0.6 is 0 Å². The smallest absolute Gasteiger partial charge is 0.298 e. The van der Waals surface area contributed by atoms with Crippen molar-refractivity contribution in [1.29, 1.82) is 10.8 Å². The molecule has 0 saturated carbocycles. The second-order valence-corrected chi connectivity index (χ2v) is 2.20. The minimum atomic E-state index is -1.04. The van der Waals surface area contributed by atoms with Crippen molar-refractivity contribution in [3.63, 3.8) is 0 Å². The molecule has 72 valence electrons. The maximum Gasteiger partial charge on any atom is 0.399 e. The van der Waals surface area contributed by atoms with Crippen LogP contribution in [0, 0.1) is 10.8 Å². The largest absolute Gasteiger partial charge is 0.399 e. The number of carbonyl (C=O) groups is 2. The maximum atomic E-state index is 10.7. The molecule has 0 saturated heterocycles. The number of rotatable bonds is 3. The molecule has 0 unspecified atom stereocenters. The third-order valence-corrected chi connectivity index (χ3v) is 1.10. The van der Waals surface area contributed by atoms with Crippen LogP contribution in [0.15, 0.2) is 0 Å². The summed E-state index contributed by atoms with van der Waals surface area (Å²) in [5.41, 5.74) is -0.675. The van der Waals surface area contributed by atoms with Crippen LogP contribution < -0.4 is 0 Å². The molecule has 6 nitrogen and oxygen atoms in total. The number of carbonyl (C=O) groups excluding carboxylic acids is 2. The molecule has 0 aliphatic carbocycles. The van der Waals surface area contributed by atoms with Gasteiger partial charge in [-0.1, -0.05) is 6.92 Å². The van der Waals surface area contributed by atoms with Gasteiger partial charge in [-0.3, -0.25) is 10.8 Å². The zero-order valence-electron chi connectivity index (χ0n) is 7.34. The normalized spacial score (nSPS) is 8.77. The van der Waals surface area contributed by atoms with Gasteiger partial charge in [0, 0.05) is 0 Å². The molecular formula is C7H10N2O4. The third kappa shape index (κ3) is 4.00. The van der Waals surface area contributed by atoms with Crippen molar-refractivity contribution < 1.29 is 19.4 Å². The van der Waals surface area contributed by atoms with Gasteiger partial charge in [-0.2, -0.15) is 0 Å². The average Bonchev–Trinajstić information content (AvgIpc) is 2.11. The molecule has 6 heteroatoms. The summed E-state index contributed by atoms with van der Waals surface area (Å²) in [6.45, 7) is 2.79. The molecule has 0 amide bonds. The molecule has 0 aromatic heterocycles. The van der Waals surface area contributed by atoms with Crippen molar-refractivity contribution in [1.82, 2.24) is 0 Å². The monoisotopic (exact) mass is 186 g/mol. The summed E-state index contributed by atoms with van der Waals surface area (Å²) in [6.07, 6.45) is 0.194. The van der Waals surface area contributed by atoms with E-state index in [2.05, 4.69) is 9.78 Å². The van der Waals surface area contributed by atoms with E-state index in [4.69, 9.17) is 10.8 Å². The summed E-state index contributed by atoms with van der Waals surface area (Å²) in [5.74, 6) is -2.06. The van der Waals surface area contributed by atoms with Crippen LogP contribution in [0.5, 0.6) is 0 Å². The van der Waals surface area contributed by atoms with Gasteiger partial charge in [0.25, 0.3) is 0 Å². The van der Waals surface area contributed by atoms with Crippen LogP contribution in [0.25, 0.3) is 0 Å². The Hall–Kier alpha value is -1.72. The van der Waals surface area contributed by atoms with Gasteiger partial charge in [-0.15, -0.1) is 0 Å². The highest BCUT2D eigenvalue weighted by Crippen LogP contribution is 1.90. The first-order valence-electron chi connectivity index (χ1n) is 3.54. The van der Waals surface area contributed by atoms with Gasteiger partial charge in [-0.05, 0) is 13.3 Å². The molecule has 0 heterocycles. The first-order valence-corrected chi connectivity index (χ1v) is 3.54. The fourth-order valence-electron chi connectivity index (χ4n) is 0.333. The predicted molar refractivity (Wildman–Crippen MR) is 43.6 cm³/mol. The lowest BCUT2D eigenvalue weighted by Crippen LogP contribution is -2.21. The fourth-order valence-corrected chi connectivity index (χ4v) is 0.333. The molecule has 13 heavy (non-hydrogen) atoms. The van der Waals surface area contributed by atoms with Gasteiger partial charge >= 0.3 is 11.9 Å². The van der Waals surface area contributed by atoms with Gasteiger partial charge in [-0.25, -0.2) is 19.4 Å². The highest BCUT2D eigenvalue weighted by atomic mass is 17.2. The molecule has 2 N–H and O–H groups in total. The Labute approximate surface area is 74.8 Å². The number of nitrogens with one attached hydrogen (secondary N) is 2. The Morgan fingerprint density at radius 3 is 2.00 bits per heavy atom. The third-order valence-electron chi connectivity index (χ3n) is 1.10. The average molecular weight is 186 g/mol. The maximum absolute atomic E-state index is 10.7. The number of hydrogen-bond acceptors (Lipinski definition) is 6. The lowest BCUT2D eigenvalue weighted by atomic mass is 10.3. The lowest BCUT2D eigenvalue weighted by Gasteiger charge is -2.00. The van der Waals surface area contributed by atoms with E-state index in [1.54, 1.807) is 6.92 Å². The van der Waals surface area contributed by atoms with Crippen LogP contribution in [-0.2, 0) is 19.4 Å². The molecule has 0 bridgehead atoms. The summed E-state index contributed by atoms with van der Waals surface area (Å²) in [4.78, 5) is 29.2. The van der Waals surface area contributed by atoms with Crippen molar-refractivity contribution >= 4 is 23.4 Å². The minimum Gasteiger partial charge on any atom is -0.298 e. The standard InChI is InChI=1S/C7H10N2O4/c1-3-5(9)7(11)13-12-6(10)4(2)8/h8-9H,3H2,1-2H3. The van der Waals surface area contributed by atoms with Crippen molar-refractivity contribution in [3.8, 4) is 0 Å². The van der Waals surface area contributed by atoms with Crippen molar-refractivity contribution in [3.05, 3.63) is 0 Å². The van der Waals surface area contributed by atoms with E-state index in [-0.39, 0.29) is 17.8 Å². The van der Waals surface area contributed by atoms with E-state index >= 15 is 0 Å². The number of hydrogen-bond donors (Lipinski definition) is 2. The Bertz CT molecular complexity index is 259. The van der Waals surface area contributed by atoms with Crippen LogP contribution in [0.1, 0.15) is 20.3 Å². The first-order chi connectivity index (χ1) is 5.99. The van der Waals surface area contributed by atoms with Gasteiger partial charge in [0.1, 0.15) is 11.4 Å². The first kappa shape index (κ1) is 11.3. The molecule has 0 spiro atoms. The second-order valence-electron chi connectivity index (χ2n) is 2.20. The SMILES string of the molecule is CCC(=N)C(=O)OOC(=O)C(C)=N. The minimum absolute atomic E-state index is 0.194. The van der Waals surface area contributed by atoms with E-state index in [9.17, 15) is 9.59 Å². The van der Waals surface area contributed by atoms with Gasteiger partial charge in [0.2, 0.25) is 0 Å². The molecule has 0 fully saturated rings. The summed E-state index contributed by atoms with van der Waals surface area (Å²) in [6, 6.07) is 0. The Morgan fingerprint density at radius 2 is 1.62 bits per heavy atom. The molecule has 0 rings (SSSR count). The van der Waals surface area contributed by atoms with Crippen LogP contribution in [0.3, 0.4) is 0 Å². The van der Waals surface area contributed by atoms with Crippen molar-refractivity contribution in [2.45, 2.75) is 20.3 Å². The summed E-state index contributed by atoms with van der Waals surface area (Å²) >= 11 is 0. The summed E-state index contributed by atoms with van der Waals surface area (Å²) in [7, 11) is 0. The van der Waals surface area contributed by atoms with E-state index in [0.717, 1.165) is 0 Å². The van der Waals surface area contributed by atoms with Crippen molar-refractivity contribution in [2.75, 3.05) is 0 Å². The van der Waals surface area contributed by atoms with Gasteiger partial charge in [0.15, 0.2) is 0 Å². The molecule has 0 atom stereocenters. The van der Waals surface area contributed by atoms with Crippen molar-refractivity contribution in [2.24, 2.45) is 0 Å². The van der Waals surface area contributed by atoms with Crippen LogP contribution in [0.4, 0.5) is 0 Å². The van der Waals surface area contributed by atoms with E-state index in [1.807, 2.05) is 0 Å². The highest BCUT2D eigenvalue weighted by molar-refractivity contribution is 6.36. The molecule has 0 aliphatic heterocycles.